The number of anilines is 1. The molecule has 8 heteroatoms. The lowest BCUT2D eigenvalue weighted by Gasteiger charge is -2.26. The molecule has 1 aliphatic heterocycles. The van der Waals surface area contributed by atoms with E-state index in [1.807, 2.05) is 0 Å². The van der Waals surface area contributed by atoms with Crippen molar-refractivity contribution in [2.75, 3.05) is 5.32 Å². The van der Waals surface area contributed by atoms with Gasteiger partial charge in [-0.15, -0.1) is 0 Å². The highest BCUT2D eigenvalue weighted by molar-refractivity contribution is 6.31. The number of aromatic amines is 2. The third-order valence-corrected chi connectivity index (χ3v) is 3.34. The molecule has 0 bridgehead atoms. The minimum atomic E-state index is -0.729. The smallest absolute Gasteiger partial charge is 0.327 e. The molecule has 2 amide bonds. The molecule has 0 saturated heterocycles. The molecule has 7 nitrogen and oxygen atoms in total. The van der Waals surface area contributed by atoms with E-state index < -0.39 is 23.3 Å². The van der Waals surface area contributed by atoms with Gasteiger partial charge in [-0.1, -0.05) is 29.8 Å². The summed E-state index contributed by atoms with van der Waals surface area (Å²) in [6, 6.07) is 5.59. The molecule has 1 aromatic carbocycles. The lowest BCUT2D eigenvalue weighted by molar-refractivity contribution is 0.248. The maximum atomic E-state index is 12.0. The molecule has 2 heterocycles. The Kier molecular flexibility index (Phi) is 2.83. The Labute approximate surface area is 117 Å². The second-order valence-corrected chi connectivity index (χ2v) is 4.66. The molecular formula is C12H9ClN4O3. The molecule has 1 unspecified atom stereocenters. The number of carbonyl (C=O) groups excluding carboxylic acids is 1. The zero-order chi connectivity index (χ0) is 14.3. The van der Waals surface area contributed by atoms with Crippen molar-refractivity contribution in [3.8, 4) is 0 Å². The minimum Gasteiger partial charge on any atom is -0.327 e. The van der Waals surface area contributed by atoms with Gasteiger partial charge in [0.15, 0.2) is 0 Å². The summed E-state index contributed by atoms with van der Waals surface area (Å²) >= 11 is 6.10. The van der Waals surface area contributed by atoms with Crippen molar-refractivity contribution in [1.82, 2.24) is 15.3 Å². The lowest BCUT2D eigenvalue weighted by atomic mass is 9.99. The van der Waals surface area contributed by atoms with Gasteiger partial charge in [0, 0.05) is 5.02 Å². The summed E-state index contributed by atoms with van der Waals surface area (Å²) in [6.07, 6.45) is 0. The zero-order valence-electron chi connectivity index (χ0n) is 9.99. The molecule has 0 spiro atoms. The summed E-state index contributed by atoms with van der Waals surface area (Å²) in [5.74, 6) is 0.0763. The van der Waals surface area contributed by atoms with Gasteiger partial charge >= 0.3 is 11.7 Å². The molecule has 102 valence electrons. The Hall–Kier alpha value is -2.54. The quantitative estimate of drug-likeness (QED) is 0.628. The summed E-state index contributed by atoms with van der Waals surface area (Å²) in [5.41, 5.74) is -0.491. The van der Waals surface area contributed by atoms with Crippen LogP contribution in [0, 0.1) is 0 Å². The topological polar surface area (TPSA) is 107 Å². The fourth-order valence-corrected chi connectivity index (χ4v) is 2.41. The highest BCUT2D eigenvalue weighted by Crippen LogP contribution is 2.31. The van der Waals surface area contributed by atoms with Crippen LogP contribution in [0.5, 0.6) is 0 Å². The van der Waals surface area contributed by atoms with Crippen LogP contribution in [-0.4, -0.2) is 16.0 Å². The molecule has 0 fully saturated rings. The van der Waals surface area contributed by atoms with E-state index >= 15 is 0 Å². The fourth-order valence-electron chi connectivity index (χ4n) is 2.17. The third kappa shape index (κ3) is 1.97. The van der Waals surface area contributed by atoms with Gasteiger partial charge in [-0.05, 0) is 11.6 Å². The first-order valence-electron chi connectivity index (χ1n) is 5.74. The molecule has 1 aliphatic rings. The number of rotatable bonds is 1. The van der Waals surface area contributed by atoms with Crippen LogP contribution in [0.2, 0.25) is 5.02 Å². The Morgan fingerprint density at radius 1 is 1.05 bits per heavy atom. The molecule has 0 radical (unpaired) electrons. The molecule has 1 atom stereocenters. The van der Waals surface area contributed by atoms with Crippen molar-refractivity contribution in [1.29, 1.82) is 0 Å². The van der Waals surface area contributed by atoms with Crippen molar-refractivity contribution in [3.63, 3.8) is 0 Å². The third-order valence-electron chi connectivity index (χ3n) is 3.00. The first-order chi connectivity index (χ1) is 9.56. The maximum Gasteiger partial charge on any atom is 0.327 e. The minimum absolute atomic E-state index is 0.0763. The Morgan fingerprint density at radius 3 is 2.55 bits per heavy atom. The SMILES string of the molecule is O=C1Nc2[nH]c(=O)[nH]c(=O)c2C(c2ccccc2Cl)N1. The van der Waals surface area contributed by atoms with Gasteiger partial charge in [0.2, 0.25) is 0 Å². The first-order valence-corrected chi connectivity index (χ1v) is 6.12. The monoisotopic (exact) mass is 292 g/mol. The summed E-state index contributed by atoms with van der Waals surface area (Å²) in [4.78, 5) is 39.4. The number of amides is 2. The average molecular weight is 293 g/mol. The Balaban J connectivity index is 2.26. The van der Waals surface area contributed by atoms with Gasteiger partial charge in [-0.2, -0.15) is 0 Å². The van der Waals surface area contributed by atoms with Crippen LogP contribution in [0.15, 0.2) is 33.9 Å². The average Bonchev–Trinajstić information content (AvgIpc) is 2.37. The Morgan fingerprint density at radius 2 is 1.80 bits per heavy atom. The summed E-state index contributed by atoms with van der Waals surface area (Å²) in [7, 11) is 0. The summed E-state index contributed by atoms with van der Waals surface area (Å²) in [5, 5.41) is 5.42. The van der Waals surface area contributed by atoms with Crippen LogP contribution in [0.25, 0.3) is 0 Å². The number of halogens is 1. The molecule has 0 aliphatic carbocycles. The summed E-state index contributed by atoms with van der Waals surface area (Å²) < 4.78 is 0. The van der Waals surface area contributed by atoms with E-state index in [1.165, 1.54) is 0 Å². The lowest BCUT2D eigenvalue weighted by Crippen LogP contribution is -2.44. The second-order valence-electron chi connectivity index (χ2n) is 4.25. The van der Waals surface area contributed by atoms with E-state index in [-0.39, 0.29) is 11.4 Å². The van der Waals surface area contributed by atoms with Gasteiger partial charge in [-0.3, -0.25) is 20.1 Å². The van der Waals surface area contributed by atoms with E-state index in [0.717, 1.165) is 0 Å². The highest BCUT2D eigenvalue weighted by Gasteiger charge is 2.30. The molecule has 4 N–H and O–H groups in total. The van der Waals surface area contributed by atoms with E-state index in [4.69, 9.17) is 11.6 Å². The van der Waals surface area contributed by atoms with Crippen molar-refractivity contribution in [2.24, 2.45) is 0 Å². The maximum absolute atomic E-state index is 12.0. The van der Waals surface area contributed by atoms with Crippen LogP contribution < -0.4 is 21.9 Å². The van der Waals surface area contributed by atoms with Gasteiger partial charge in [0.1, 0.15) is 5.82 Å². The summed E-state index contributed by atoms with van der Waals surface area (Å²) in [6.45, 7) is 0. The number of carbonyl (C=O) groups is 1. The normalized spacial score (nSPS) is 17.1. The van der Waals surface area contributed by atoms with E-state index in [0.29, 0.717) is 10.6 Å². The van der Waals surface area contributed by atoms with Crippen LogP contribution in [0.1, 0.15) is 17.2 Å². The number of nitrogens with one attached hydrogen (secondary N) is 4. The largest absolute Gasteiger partial charge is 0.327 e. The number of hydrogen-bond donors (Lipinski definition) is 4. The molecule has 1 aromatic heterocycles. The number of benzene rings is 1. The number of fused-ring (bicyclic) bond motifs is 1. The number of hydrogen-bond acceptors (Lipinski definition) is 3. The molecule has 0 saturated carbocycles. The van der Waals surface area contributed by atoms with Crippen LogP contribution in [0.4, 0.5) is 10.6 Å². The number of aromatic nitrogens is 2. The number of H-pyrrole nitrogens is 2. The van der Waals surface area contributed by atoms with E-state index in [1.54, 1.807) is 24.3 Å². The van der Waals surface area contributed by atoms with E-state index in [2.05, 4.69) is 20.6 Å². The molecule has 2 aromatic rings. The molecule has 3 rings (SSSR count). The van der Waals surface area contributed by atoms with Crippen LogP contribution in [-0.2, 0) is 0 Å². The van der Waals surface area contributed by atoms with Crippen molar-refractivity contribution < 1.29 is 4.79 Å². The fraction of sp³-hybridized carbons (Fsp3) is 0.0833. The predicted octanol–water partition coefficient (Wildman–Crippen LogP) is 0.941. The Bertz CT molecular complexity index is 811. The second kappa shape index (κ2) is 4.53. The zero-order valence-corrected chi connectivity index (χ0v) is 10.7. The highest BCUT2D eigenvalue weighted by atomic mass is 35.5. The van der Waals surface area contributed by atoms with Crippen molar-refractivity contribution in [2.45, 2.75) is 6.04 Å². The van der Waals surface area contributed by atoms with Gasteiger partial charge in [0.05, 0.1) is 11.6 Å². The van der Waals surface area contributed by atoms with Gasteiger partial charge < -0.3 is 5.32 Å². The van der Waals surface area contributed by atoms with Gasteiger partial charge in [0.25, 0.3) is 5.56 Å². The number of urea groups is 1. The standard InChI is InChI=1S/C12H9ClN4O3/c13-6-4-2-1-3-5(6)8-7-9(15-11(19)14-8)16-12(20)17-10(7)18/h1-4,8H,(H4,14,15,16,17,18,19,20). The molecule has 20 heavy (non-hydrogen) atoms. The van der Waals surface area contributed by atoms with Gasteiger partial charge in [-0.25, -0.2) is 9.59 Å². The van der Waals surface area contributed by atoms with E-state index in [9.17, 15) is 14.4 Å². The molecular weight excluding hydrogens is 284 g/mol. The van der Waals surface area contributed by atoms with Crippen LogP contribution >= 0.6 is 11.6 Å². The van der Waals surface area contributed by atoms with Crippen molar-refractivity contribution >= 4 is 23.4 Å². The predicted molar refractivity (Wildman–Crippen MR) is 73.1 cm³/mol. The van der Waals surface area contributed by atoms with Crippen LogP contribution in [0.3, 0.4) is 0 Å². The first kappa shape index (κ1) is 12.5. The van der Waals surface area contributed by atoms with Crippen molar-refractivity contribution in [3.05, 3.63) is 61.3 Å².